The molecule has 122 valence electrons. The van der Waals surface area contributed by atoms with Crippen molar-refractivity contribution in [3.05, 3.63) is 0 Å². The number of aliphatic carboxylic acids is 1. The fourth-order valence-corrected chi connectivity index (χ4v) is 1.64. The van der Waals surface area contributed by atoms with Gasteiger partial charge >= 0.3 is 5.97 Å². The second-order valence-corrected chi connectivity index (χ2v) is 4.68. The van der Waals surface area contributed by atoms with Gasteiger partial charge in [-0.1, -0.05) is 51.9 Å². The summed E-state index contributed by atoms with van der Waals surface area (Å²) in [4.78, 5) is 10.2. The number of ether oxygens (including phenoxy) is 1. The van der Waals surface area contributed by atoms with Crippen LogP contribution in [0.3, 0.4) is 0 Å². The van der Waals surface area contributed by atoms with Gasteiger partial charge in [0, 0.05) is 6.42 Å². The molecule has 0 spiro atoms. The van der Waals surface area contributed by atoms with Gasteiger partial charge in [-0.05, 0) is 6.42 Å². The molecule has 0 aromatic carbocycles. The quantitative estimate of drug-likeness (QED) is 0.454. The molecule has 0 fully saturated rings. The summed E-state index contributed by atoms with van der Waals surface area (Å²) in [5.74, 6) is -0.661. The van der Waals surface area contributed by atoms with Crippen molar-refractivity contribution >= 4 is 5.97 Å². The van der Waals surface area contributed by atoms with Gasteiger partial charge in [0.15, 0.2) is 0 Å². The Morgan fingerprint density at radius 1 is 0.850 bits per heavy atom. The van der Waals surface area contributed by atoms with Crippen molar-refractivity contribution < 1.29 is 24.9 Å². The second-order valence-electron chi connectivity index (χ2n) is 4.68. The van der Waals surface area contributed by atoms with Gasteiger partial charge in [-0.2, -0.15) is 0 Å². The lowest BCUT2D eigenvalue weighted by atomic mass is 10.1. The largest absolute Gasteiger partial charge is 0.481 e. The van der Waals surface area contributed by atoms with Crippen LogP contribution in [0.25, 0.3) is 0 Å². The van der Waals surface area contributed by atoms with E-state index in [1.807, 2.05) is 0 Å². The van der Waals surface area contributed by atoms with E-state index in [2.05, 4.69) is 11.7 Å². The molecule has 0 unspecified atom stereocenters. The average Bonchev–Trinajstić information content (AvgIpc) is 2.43. The summed E-state index contributed by atoms with van der Waals surface area (Å²) in [7, 11) is 0. The maximum atomic E-state index is 10.2. The third-order valence-electron chi connectivity index (χ3n) is 2.72. The fourth-order valence-electron chi connectivity index (χ4n) is 1.64. The zero-order valence-electron chi connectivity index (χ0n) is 12.9. The molecular weight excluding hydrogens is 260 g/mol. The van der Waals surface area contributed by atoms with Crippen molar-refractivity contribution in [2.75, 3.05) is 26.4 Å². The molecule has 20 heavy (non-hydrogen) atoms. The normalized spacial score (nSPS) is 9.95. The van der Waals surface area contributed by atoms with E-state index in [4.69, 9.17) is 15.3 Å². The maximum absolute atomic E-state index is 10.2. The van der Waals surface area contributed by atoms with Crippen molar-refractivity contribution in [1.29, 1.82) is 0 Å². The minimum Gasteiger partial charge on any atom is -0.481 e. The molecule has 0 bridgehead atoms. The van der Waals surface area contributed by atoms with Gasteiger partial charge in [0.2, 0.25) is 0 Å². The summed E-state index contributed by atoms with van der Waals surface area (Å²) in [6, 6.07) is 0. The van der Waals surface area contributed by atoms with Crippen LogP contribution in [0, 0.1) is 0 Å². The van der Waals surface area contributed by atoms with Gasteiger partial charge in [-0.15, -0.1) is 0 Å². The molecule has 5 nitrogen and oxygen atoms in total. The Morgan fingerprint density at radius 3 is 1.70 bits per heavy atom. The van der Waals surface area contributed by atoms with Crippen LogP contribution in [0.5, 0.6) is 0 Å². The van der Waals surface area contributed by atoms with Crippen LogP contribution >= 0.6 is 0 Å². The van der Waals surface area contributed by atoms with E-state index in [1.54, 1.807) is 0 Å². The first-order valence-electron chi connectivity index (χ1n) is 7.70. The Hall–Kier alpha value is -0.650. The SMILES string of the molecule is CCCCCCCCCCC(=O)O.OCCOCCO. The third-order valence-corrected chi connectivity index (χ3v) is 2.72. The zero-order valence-corrected chi connectivity index (χ0v) is 12.9. The summed E-state index contributed by atoms with van der Waals surface area (Å²) >= 11 is 0. The van der Waals surface area contributed by atoms with E-state index < -0.39 is 5.97 Å². The lowest BCUT2D eigenvalue weighted by Gasteiger charge is -1.99. The molecule has 0 atom stereocenters. The second kappa shape index (κ2) is 20.7. The molecule has 0 saturated carbocycles. The Bertz CT molecular complexity index is 181. The topological polar surface area (TPSA) is 87.0 Å². The van der Waals surface area contributed by atoms with Gasteiger partial charge in [0.25, 0.3) is 0 Å². The summed E-state index contributed by atoms with van der Waals surface area (Å²) < 4.78 is 4.63. The number of aliphatic hydroxyl groups excluding tert-OH is 2. The maximum Gasteiger partial charge on any atom is 0.303 e. The minimum absolute atomic E-state index is 0.0278. The van der Waals surface area contributed by atoms with Crippen LogP contribution in [-0.2, 0) is 9.53 Å². The minimum atomic E-state index is -0.661. The summed E-state index contributed by atoms with van der Waals surface area (Å²) in [5, 5.41) is 24.6. The number of rotatable bonds is 13. The Morgan fingerprint density at radius 2 is 1.30 bits per heavy atom. The van der Waals surface area contributed by atoms with Crippen molar-refractivity contribution in [1.82, 2.24) is 0 Å². The number of carboxylic acid groups (broad SMARTS) is 1. The molecule has 0 heterocycles. The Labute approximate surface area is 123 Å². The highest BCUT2D eigenvalue weighted by molar-refractivity contribution is 5.66. The molecule has 0 saturated heterocycles. The van der Waals surface area contributed by atoms with Crippen LogP contribution in [0.1, 0.15) is 64.7 Å². The number of hydrogen-bond acceptors (Lipinski definition) is 4. The smallest absolute Gasteiger partial charge is 0.303 e. The van der Waals surface area contributed by atoms with Gasteiger partial charge in [-0.25, -0.2) is 0 Å². The number of hydrogen-bond donors (Lipinski definition) is 3. The molecule has 0 radical (unpaired) electrons. The van der Waals surface area contributed by atoms with E-state index in [1.165, 1.54) is 38.5 Å². The number of carboxylic acids is 1. The zero-order chi connectivity index (χ0) is 15.5. The molecule has 0 aromatic heterocycles. The molecule has 0 aliphatic heterocycles. The molecule has 0 aliphatic rings. The molecule has 3 N–H and O–H groups in total. The van der Waals surface area contributed by atoms with Crippen LogP contribution in [0.4, 0.5) is 0 Å². The van der Waals surface area contributed by atoms with E-state index in [0.717, 1.165) is 12.8 Å². The highest BCUT2D eigenvalue weighted by atomic mass is 16.5. The molecular formula is C15H32O5. The van der Waals surface area contributed by atoms with Crippen LogP contribution in [-0.4, -0.2) is 47.7 Å². The Balaban J connectivity index is 0. The van der Waals surface area contributed by atoms with E-state index in [9.17, 15) is 4.79 Å². The van der Waals surface area contributed by atoms with Crippen LogP contribution < -0.4 is 0 Å². The average molecular weight is 292 g/mol. The van der Waals surface area contributed by atoms with Gasteiger partial charge in [0.05, 0.1) is 26.4 Å². The monoisotopic (exact) mass is 292 g/mol. The van der Waals surface area contributed by atoms with Gasteiger partial charge < -0.3 is 20.1 Å². The highest BCUT2D eigenvalue weighted by Gasteiger charge is 1.95. The van der Waals surface area contributed by atoms with Crippen LogP contribution in [0.2, 0.25) is 0 Å². The van der Waals surface area contributed by atoms with E-state index in [0.29, 0.717) is 19.6 Å². The lowest BCUT2D eigenvalue weighted by Crippen LogP contribution is -2.03. The predicted octanol–water partition coefficient (Wildman–Crippen LogP) is 2.59. The van der Waals surface area contributed by atoms with Crippen molar-refractivity contribution in [2.45, 2.75) is 64.7 Å². The molecule has 0 aliphatic carbocycles. The van der Waals surface area contributed by atoms with Gasteiger partial charge in [0.1, 0.15) is 0 Å². The fraction of sp³-hybridized carbons (Fsp3) is 0.933. The Kier molecular flexibility index (Phi) is 22.4. The lowest BCUT2D eigenvalue weighted by molar-refractivity contribution is -0.137. The van der Waals surface area contributed by atoms with E-state index in [-0.39, 0.29) is 13.2 Å². The third kappa shape index (κ3) is 26.0. The van der Waals surface area contributed by atoms with Crippen LogP contribution in [0.15, 0.2) is 0 Å². The standard InChI is InChI=1S/C11H22O2.C4H10O3/c1-2-3-4-5-6-7-8-9-10-11(12)13;5-1-3-7-4-2-6/h2-10H2,1H3,(H,12,13);5-6H,1-4H2. The van der Waals surface area contributed by atoms with Crippen molar-refractivity contribution in [3.8, 4) is 0 Å². The summed E-state index contributed by atoms with van der Waals surface area (Å²) in [5.41, 5.74) is 0. The molecule has 5 heteroatoms. The van der Waals surface area contributed by atoms with Crippen molar-refractivity contribution in [3.63, 3.8) is 0 Å². The number of unbranched alkanes of at least 4 members (excludes halogenated alkanes) is 7. The molecule has 0 amide bonds. The number of aliphatic hydroxyl groups is 2. The predicted molar refractivity (Wildman–Crippen MR) is 79.9 cm³/mol. The van der Waals surface area contributed by atoms with E-state index >= 15 is 0 Å². The first kappa shape index (κ1) is 21.6. The summed E-state index contributed by atoms with van der Waals surface area (Å²) in [6.45, 7) is 2.91. The number of carbonyl (C=O) groups is 1. The highest BCUT2D eigenvalue weighted by Crippen LogP contribution is 2.09. The first-order chi connectivity index (χ1) is 9.68. The molecule has 0 aromatic rings. The van der Waals surface area contributed by atoms with Crippen molar-refractivity contribution in [2.24, 2.45) is 0 Å². The van der Waals surface area contributed by atoms with Gasteiger partial charge in [-0.3, -0.25) is 4.79 Å². The summed E-state index contributed by atoms with van der Waals surface area (Å²) in [6.07, 6.45) is 10.1. The molecule has 0 rings (SSSR count). The first-order valence-corrected chi connectivity index (χ1v) is 7.70.